The van der Waals surface area contributed by atoms with Crippen molar-refractivity contribution in [1.29, 1.82) is 0 Å². The van der Waals surface area contributed by atoms with E-state index in [4.69, 9.17) is 0 Å². The lowest BCUT2D eigenvalue weighted by Gasteiger charge is -2.16. The van der Waals surface area contributed by atoms with Crippen LogP contribution in [0.2, 0.25) is 0 Å². The molecule has 1 radical (unpaired) electrons. The first-order valence-corrected chi connectivity index (χ1v) is 12.1. The van der Waals surface area contributed by atoms with Crippen LogP contribution in [-0.2, 0) is 0 Å². The van der Waals surface area contributed by atoms with Gasteiger partial charge in [-0.3, -0.25) is 0 Å². The molecule has 25 heavy (non-hydrogen) atoms. The monoisotopic (exact) mass is 351 g/mol. The molecule has 151 valence electrons. The van der Waals surface area contributed by atoms with Crippen molar-refractivity contribution in [3.8, 4) is 0 Å². The van der Waals surface area contributed by atoms with Crippen LogP contribution in [0, 0.1) is 12.8 Å². The van der Waals surface area contributed by atoms with E-state index in [1.54, 1.807) is 0 Å². The zero-order valence-corrected chi connectivity index (χ0v) is 18.1. The fourth-order valence-electron chi connectivity index (χ4n) is 4.00. The molecule has 0 aromatic rings. The van der Waals surface area contributed by atoms with Gasteiger partial charge in [0.2, 0.25) is 0 Å². The molecule has 0 saturated heterocycles. The molecule has 0 amide bonds. The largest absolute Gasteiger partial charge is 0.0654 e. The maximum absolute atomic E-state index is 4.05. The Kier molecular flexibility index (Phi) is 22.0. The van der Waals surface area contributed by atoms with Gasteiger partial charge in [0, 0.05) is 0 Å². The molecule has 0 rings (SSSR count). The zero-order chi connectivity index (χ0) is 18.4. The van der Waals surface area contributed by atoms with Crippen LogP contribution in [0.15, 0.2) is 0 Å². The summed E-state index contributed by atoms with van der Waals surface area (Å²) < 4.78 is 0. The second-order valence-corrected chi connectivity index (χ2v) is 8.39. The highest BCUT2D eigenvalue weighted by molar-refractivity contribution is 4.62. The first kappa shape index (κ1) is 25.0. The molecule has 0 spiro atoms. The molecular weight excluding hydrogens is 300 g/mol. The van der Waals surface area contributed by atoms with Crippen molar-refractivity contribution in [1.82, 2.24) is 0 Å². The minimum atomic E-state index is 1.00. The number of unbranched alkanes of at least 4 members (excludes halogenated alkanes) is 15. The number of hydrogen-bond acceptors (Lipinski definition) is 0. The number of rotatable bonds is 21. The maximum Gasteiger partial charge on any atom is -0.0414 e. The molecule has 0 aliphatic heterocycles. The smallest absolute Gasteiger partial charge is 0.0414 e. The van der Waals surface area contributed by atoms with E-state index in [1.165, 1.54) is 128 Å². The minimum Gasteiger partial charge on any atom is -0.0654 e. The fraction of sp³-hybridized carbons (Fsp3) is 0.960. The summed E-state index contributed by atoms with van der Waals surface area (Å²) in [6.07, 6.45) is 30.2. The first-order valence-electron chi connectivity index (χ1n) is 12.1. The van der Waals surface area contributed by atoms with Crippen molar-refractivity contribution < 1.29 is 0 Å². The van der Waals surface area contributed by atoms with Gasteiger partial charge in [0.15, 0.2) is 0 Å². The van der Waals surface area contributed by atoms with Gasteiger partial charge in [0.1, 0.15) is 0 Å². The van der Waals surface area contributed by atoms with E-state index in [1.807, 2.05) is 0 Å². The molecule has 1 unspecified atom stereocenters. The van der Waals surface area contributed by atoms with Gasteiger partial charge < -0.3 is 0 Å². The lowest BCUT2D eigenvalue weighted by atomic mass is 9.90. The first-order chi connectivity index (χ1) is 12.3. The van der Waals surface area contributed by atoms with Gasteiger partial charge in [-0.25, -0.2) is 0 Å². The van der Waals surface area contributed by atoms with Crippen LogP contribution in [0.25, 0.3) is 0 Å². The summed E-state index contributed by atoms with van der Waals surface area (Å²) >= 11 is 0. The Morgan fingerprint density at radius 1 is 0.440 bits per heavy atom. The Balaban J connectivity index is 3.53. The molecule has 0 nitrogen and oxygen atoms in total. The van der Waals surface area contributed by atoms with Crippen LogP contribution in [0.4, 0.5) is 0 Å². The van der Waals surface area contributed by atoms with E-state index in [2.05, 4.69) is 20.8 Å². The third-order valence-electron chi connectivity index (χ3n) is 5.79. The van der Waals surface area contributed by atoms with E-state index in [-0.39, 0.29) is 0 Å². The second-order valence-electron chi connectivity index (χ2n) is 8.39. The average molecular weight is 352 g/mol. The molecule has 1 atom stereocenters. The van der Waals surface area contributed by atoms with Crippen LogP contribution >= 0.6 is 0 Å². The normalized spacial score (nSPS) is 12.6. The topological polar surface area (TPSA) is 0 Å². The van der Waals surface area contributed by atoms with Crippen LogP contribution in [-0.4, -0.2) is 0 Å². The molecule has 0 N–H and O–H groups in total. The molecule has 0 fully saturated rings. The summed E-state index contributed by atoms with van der Waals surface area (Å²) in [7, 11) is 0. The zero-order valence-electron chi connectivity index (χ0n) is 18.1. The molecular formula is C25H51. The molecule has 0 aromatic heterocycles. The van der Waals surface area contributed by atoms with Gasteiger partial charge in [0.05, 0.1) is 0 Å². The Hall–Kier alpha value is 0. The second kappa shape index (κ2) is 22.0. The molecule has 0 aliphatic rings. The summed E-state index contributed by atoms with van der Waals surface area (Å²) in [5.41, 5.74) is 0. The van der Waals surface area contributed by atoms with Gasteiger partial charge >= 0.3 is 0 Å². The van der Waals surface area contributed by atoms with Gasteiger partial charge in [-0.1, -0.05) is 156 Å². The average Bonchev–Trinajstić information content (AvgIpc) is 2.63. The molecule has 0 bridgehead atoms. The highest BCUT2D eigenvalue weighted by Crippen LogP contribution is 2.24. The lowest BCUT2D eigenvalue weighted by Crippen LogP contribution is -2.01. The van der Waals surface area contributed by atoms with Gasteiger partial charge in [0.25, 0.3) is 0 Å². The summed E-state index contributed by atoms with van der Waals surface area (Å²) in [6, 6.07) is 0. The van der Waals surface area contributed by atoms with Crippen molar-refractivity contribution >= 4 is 0 Å². The Bertz CT molecular complexity index is 220. The predicted molar refractivity (Wildman–Crippen MR) is 117 cm³/mol. The third kappa shape index (κ3) is 20.2. The van der Waals surface area contributed by atoms with Crippen LogP contribution in [0.1, 0.15) is 149 Å². The van der Waals surface area contributed by atoms with Crippen LogP contribution in [0.3, 0.4) is 0 Å². The third-order valence-corrected chi connectivity index (χ3v) is 5.79. The highest BCUT2D eigenvalue weighted by Gasteiger charge is 2.08. The van der Waals surface area contributed by atoms with Crippen molar-refractivity contribution in [3.63, 3.8) is 0 Å². The van der Waals surface area contributed by atoms with E-state index in [0.29, 0.717) is 0 Å². The van der Waals surface area contributed by atoms with E-state index in [9.17, 15) is 0 Å². The summed E-state index contributed by atoms with van der Waals surface area (Å²) in [5, 5.41) is 0. The maximum atomic E-state index is 4.05. The Morgan fingerprint density at radius 3 is 1.12 bits per heavy atom. The van der Waals surface area contributed by atoms with Crippen LogP contribution in [0.5, 0.6) is 0 Å². The highest BCUT2D eigenvalue weighted by atomic mass is 14.1. The fourth-order valence-corrected chi connectivity index (χ4v) is 4.00. The van der Waals surface area contributed by atoms with E-state index < -0.39 is 0 Å². The Morgan fingerprint density at radius 2 is 0.760 bits per heavy atom. The Labute approximate surface area is 161 Å². The van der Waals surface area contributed by atoms with Crippen LogP contribution < -0.4 is 0 Å². The quantitative estimate of drug-likeness (QED) is 0.180. The van der Waals surface area contributed by atoms with Gasteiger partial charge in [-0.05, 0) is 5.92 Å². The summed E-state index contributed by atoms with van der Waals surface area (Å²) in [4.78, 5) is 0. The number of hydrogen-bond donors (Lipinski definition) is 0. The molecule has 0 heteroatoms. The van der Waals surface area contributed by atoms with Crippen molar-refractivity contribution in [2.45, 2.75) is 149 Å². The van der Waals surface area contributed by atoms with Crippen molar-refractivity contribution in [2.24, 2.45) is 5.92 Å². The molecule has 0 aromatic carbocycles. The standard InChI is InChI=1S/C25H51/c1-4-7-10-12-14-15-17-19-21-24-25(22-9-6-3)23-20-18-16-13-11-8-5-2/h25H,3-24H2,1-2H3. The molecule has 0 heterocycles. The molecule has 0 saturated carbocycles. The van der Waals surface area contributed by atoms with E-state index >= 15 is 0 Å². The van der Waals surface area contributed by atoms with E-state index in [0.717, 1.165) is 12.3 Å². The summed E-state index contributed by atoms with van der Waals surface area (Å²) in [6.45, 7) is 8.66. The van der Waals surface area contributed by atoms with Crippen molar-refractivity contribution in [2.75, 3.05) is 0 Å². The summed E-state index contributed by atoms with van der Waals surface area (Å²) in [5.74, 6) is 1.00. The predicted octanol–water partition coefficient (Wildman–Crippen LogP) is 9.67. The van der Waals surface area contributed by atoms with Crippen molar-refractivity contribution in [3.05, 3.63) is 6.92 Å². The van der Waals surface area contributed by atoms with Gasteiger partial charge in [-0.2, -0.15) is 0 Å². The lowest BCUT2D eigenvalue weighted by molar-refractivity contribution is 0.372. The van der Waals surface area contributed by atoms with Gasteiger partial charge in [-0.15, -0.1) is 0 Å². The molecule has 0 aliphatic carbocycles. The SMILES string of the molecule is [CH2]CCCC(CCCCCCCCC)CCCCCCCCCCC. The minimum absolute atomic E-state index is 1.00.